The van der Waals surface area contributed by atoms with Crippen molar-refractivity contribution in [3.8, 4) is 5.75 Å². The van der Waals surface area contributed by atoms with Crippen LogP contribution in [0, 0.1) is 0 Å². The molecule has 5 N–H and O–H groups in total. The highest BCUT2D eigenvalue weighted by Crippen LogP contribution is 2.41. The van der Waals surface area contributed by atoms with E-state index in [1.54, 1.807) is 13.1 Å². The Bertz CT molecular complexity index is 1670. The molecule has 16 nitrogen and oxygen atoms in total. The second-order valence-electron chi connectivity index (χ2n) is 8.69. The number of nitrogens with one attached hydrogen (secondary N) is 1. The number of amides is 2. The van der Waals surface area contributed by atoms with Gasteiger partial charge in [-0.1, -0.05) is 9.64 Å². The number of β-lactam (4-membered cyclic amide) rings is 1. The molecule has 1 saturated heterocycles. The standard InChI is InChI=1S/C23H22N8O8S4/c1-2-39-30-5-14(33)13(32)3-11(30)6-38-28-16(12-9-42-23(24)26-12)19(34)27-17-20(35)31-18(22(36)37)10(8-41-21(17)31)7-40-15-4-25-29-43-15/h3-5,9,17,21,33H,2,6-8H2,1H3,(H2,24,26)(H,27,34)(H,36,37)/b28-16-/t17-,21-/m1/s1. The number of thiazole rings is 1. The number of nitrogens with two attached hydrogens (primary N) is 1. The number of carboxylic acid groups (broad SMARTS) is 1. The molecule has 2 atom stereocenters. The van der Waals surface area contributed by atoms with Crippen molar-refractivity contribution in [1.29, 1.82) is 0 Å². The van der Waals surface area contributed by atoms with Crippen molar-refractivity contribution in [2.45, 2.75) is 29.2 Å². The van der Waals surface area contributed by atoms with E-state index in [-0.39, 0.29) is 41.1 Å². The fraction of sp³-hybridized carbons (Fsp3) is 0.304. The molecule has 3 aromatic rings. The number of oxime groups is 1. The van der Waals surface area contributed by atoms with Gasteiger partial charge in [0.1, 0.15) is 39.3 Å². The van der Waals surface area contributed by atoms with Crippen molar-refractivity contribution in [3.63, 3.8) is 0 Å². The van der Waals surface area contributed by atoms with E-state index < -0.39 is 40.4 Å². The summed E-state index contributed by atoms with van der Waals surface area (Å²) in [5.74, 6) is -2.49. The zero-order valence-corrected chi connectivity index (χ0v) is 25.3. The molecule has 0 spiro atoms. The van der Waals surface area contributed by atoms with Crippen LogP contribution in [0.1, 0.15) is 18.3 Å². The van der Waals surface area contributed by atoms with Crippen molar-refractivity contribution in [3.05, 3.63) is 56.7 Å². The van der Waals surface area contributed by atoms with Crippen molar-refractivity contribution < 1.29 is 34.3 Å². The number of carboxylic acids is 1. The second kappa shape index (κ2) is 13.0. The number of aliphatic carboxylic acids is 1. The van der Waals surface area contributed by atoms with Gasteiger partial charge in [-0.05, 0) is 24.0 Å². The molecule has 43 heavy (non-hydrogen) atoms. The van der Waals surface area contributed by atoms with E-state index >= 15 is 0 Å². The Balaban J connectivity index is 1.32. The Morgan fingerprint density at radius 1 is 1.35 bits per heavy atom. The number of aromatic nitrogens is 4. The highest BCUT2D eigenvalue weighted by atomic mass is 32.2. The van der Waals surface area contributed by atoms with Crippen LogP contribution in [0.2, 0.25) is 0 Å². The maximum Gasteiger partial charge on any atom is 0.352 e. The highest BCUT2D eigenvalue weighted by molar-refractivity contribution is 8.01. The first kappa shape index (κ1) is 30.3. The van der Waals surface area contributed by atoms with Crippen molar-refractivity contribution in [2.75, 3.05) is 23.8 Å². The van der Waals surface area contributed by atoms with E-state index in [2.05, 4.69) is 25.0 Å². The monoisotopic (exact) mass is 666 g/mol. The number of carbonyl (C=O) groups is 3. The minimum atomic E-state index is -1.24. The lowest BCUT2D eigenvalue weighted by Crippen LogP contribution is -2.71. The Kier molecular flexibility index (Phi) is 9.18. The smallest absolute Gasteiger partial charge is 0.352 e. The molecular weight excluding hydrogens is 645 g/mol. The SMILES string of the molecule is CCOn1cc(O)c(=O)cc1CO/N=C(\C(=O)N[C@@H]1C(=O)N2C(C(=O)O)=C(CSc3cnns3)CS[C@H]12)c1csc(N)n1. The van der Waals surface area contributed by atoms with E-state index in [0.717, 1.165) is 32.5 Å². The van der Waals surface area contributed by atoms with Crippen LogP contribution < -0.4 is 21.3 Å². The number of nitrogen functional groups attached to an aromatic ring is 1. The van der Waals surface area contributed by atoms with E-state index in [9.17, 15) is 29.4 Å². The van der Waals surface area contributed by atoms with E-state index in [0.29, 0.717) is 17.1 Å². The molecule has 0 bridgehead atoms. The van der Waals surface area contributed by atoms with Gasteiger partial charge < -0.3 is 30.9 Å². The summed E-state index contributed by atoms with van der Waals surface area (Å²) >= 11 is 4.94. The third-order valence-corrected chi connectivity index (χ3v) is 9.89. The summed E-state index contributed by atoms with van der Waals surface area (Å²) in [6.45, 7) is 1.60. The van der Waals surface area contributed by atoms with E-state index in [4.69, 9.17) is 15.4 Å². The van der Waals surface area contributed by atoms with Gasteiger partial charge in [0.05, 0.1) is 12.4 Å². The molecule has 0 aromatic carbocycles. The van der Waals surface area contributed by atoms with Crippen molar-refractivity contribution in [2.24, 2.45) is 5.16 Å². The first-order valence-corrected chi connectivity index (χ1v) is 16.0. The molecule has 5 rings (SSSR count). The summed E-state index contributed by atoms with van der Waals surface area (Å²) in [5.41, 5.74) is 5.52. The zero-order chi connectivity index (χ0) is 30.7. The third-order valence-electron chi connectivity index (χ3n) is 5.96. The fourth-order valence-electron chi connectivity index (χ4n) is 4.06. The van der Waals surface area contributed by atoms with Gasteiger partial charge in [0, 0.05) is 23.0 Å². The Hall–Kier alpha value is -4.14. The average Bonchev–Trinajstić information content (AvgIpc) is 3.66. The first-order chi connectivity index (χ1) is 20.7. The van der Waals surface area contributed by atoms with Crippen LogP contribution in [0.4, 0.5) is 5.13 Å². The Labute approximate surface area is 258 Å². The van der Waals surface area contributed by atoms with Crippen LogP contribution in [0.3, 0.4) is 0 Å². The number of aromatic hydroxyl groups is 1. The van der Waals surface area contributed by atoms with Gasteiger partial charge in [-0.25, -0.2) is 9.78 Å². The average molecular weight is 667 g/mol. The number of fused-ring (bicyclic) bond motifs is 1. The Morgan fingerprint density at radius 3 is 2.84 bits per heavy atom. The van der Waals surface area contributed by atoms with Crippen LogP contribution in [-0.2, 0) is 25.8 Å². The summed E-state index contributed by atoms with van der Waals surface area (Å²) in [7, 11) is 0. The lowest BCUT2D eigenvalue weighted by atomic mass is 10.0. The molecule has 2 amide bonds. The number of nitrogens with zero attached hydrogens (tertiary/aromatic N) is 6. The van der Waals surface area contributed by atoms with Crippen LogP contribution in [0.15, 0.2) is 49.3 Å². The number of hydrogen-bond acceptors (Lipinski definition) is 16. The zero-order valence-electron chi connectivity index (χ0n) is 22.0. The quantitative estimate of drug-likeness (QED) is 0.0886. The fourth-order valence-corrected chi connectivity index (χ4v) is 7.52. The molecule has 1 fully saturated rings. The lowest BCUT2D eigenvalue weighted by Gasteiger charge is -2.49. The molecule has 5 heterocycles. The molecule has 0 aliphatic carbocycles. The summed E-state index contributed by atoms with van der Waals surface area (Å²) in [6, 6.07) is 0.0607. The molecule has 2 aliphatic rings. The van der Waals surface area contributed by atoms with E-state index in [1.165, 1.54) is 45.3 Å². The topological polar surface area (TPSA) is 224 Å². The summed E-state index contributed by atoms with van der Waals surface area (Å²) in [5, 5.41) is 30.9. The predicted molar refractivity (Wildman–Crippen MR) is 158 cm³/mol. The maximum atomic E-state index is 13.4. The Morgan fingerprint density at radius 2 is 2.16 bits per heavy atom. The van der Waals surface area contributed by atoms with Crippen LogP contribution >= 0.6 is 46.4 Å². The van der Waals surface area contributed by atoms with Gasteiger partial charge in [0.25, 0.3) is 11.8 Å². The molecule has 3 aromatic heterocycles. The molecular formula is C23H22N8O8S4. The largest absolute Gasteiger partial charge is 0.503 e. The van der Waals surface area contributed by atoms with Gasteiger partial charge in [0.2, 0.25) is 5.43 Å². The van der Waals surface area contributed by atoms with Crippen LogP contribution in [-0.4, -0.2) is 87.4 Å². The van der Waals surface area contributed by atoms with Gasteiger partial charge in [0.15, 0.2) is 23.2 Å². The number of carbonyl (C=O) groups excluding carboxylic acids is 2. The molecule has 0 saturated carbocycles. The lowest BCUT2D eigenvalue weighted by molar-refractivity contribution is -0.150. The molecule has 0 unspecified atom stereocenters. The second-order valence-corrected chi connectivity index (χ2v) is 12.7. The summed E-state index contributed by atoms with van der Waals surface area (Å²) in [6.07, 6.45) is 2.66. The van der Waals surface area contributed by atoms with Crippen LogP contribution in [0.25, 0.3) is 0 Å². The van der Waals surface area contributed by atoms with Gasteiger partial charge in [-0.2, -0.15) is 4.73 Å². The summed E-state index contributed by atoms with van der Waals surface area (Å²) < 4.78 is 5.74. The molecule has 0 radical (unpaired) electrons. The maximum absolute atomic E-state index is 13.4. The van der Waals surface area contributed by atoms with Crippen molar-refractivity contribution >= 4 is 75.0 Å². The highest BCUT2D eigenvalue weighted by Gasteiger charge is 2.54. The van der Waals surface area contributed by atoms with Gasteiger partial charge in [-0.15, -0.1) is 40.0 Å². The van der Waals surface area contributed by atoms with Gasteiger partial charge >= 0.3 is 5.97 Å². The van der Waals surface area contributed by atoms with E-state index in [1.807, 2.05) is 0 Å². The van der Waals surface area contributed by atoms with Crippen LogP contribution in [0.5, 0.6) is 5.75 Å². The number of anilines is 1. The number of rotatable bonds is 12. The normalized spacial score (nSPS) is 18.2. The number of pyridine rings is 1. The third kappa shape index (κ3) is 6.45. The van der Waals surface area contributed by atoms with Gasteiger partial charge in [-0.3, -0.25) is 19.3 Å². The summed E-state index contributed by atoms with van der Waals surface area (Å²) in [4.78, 5) is 66.6. The first-order valence-electron chi connectivity index (χ1n) is 12.3. The minimum absolute atomic E-state index is 0.0795. The molecule has 20 heteroatoms. The number of hydrogen-bond donors (Lipinski definition) is 4. The number of thioether (sulfide) groups is 2. The predicted octanol–water partition coefficient (Wildman–Crippen LogP) is 0.344. The molecule has 2 aliphatic heterocycles. The molecule has 226 valence electrons. The minimum Gasteiger partial charge on any atom is -0.503 e. The van der Waals surface area contributed by atoms with Crippen molar-refractivity contribution in [1.82, 2.24) is 29.5 Å².